The van der Waals surface area contributed by atoms with Gasteiger partial charge in [0.15, 0.2) is 0 Å². The first-order chi connectivity index (χ1) is 11.0. The lowest BCUT2D eigenvalue weighted by Crippen LogP contribution is -2.37. The first-order valence-corrected chi connectivity index (χ1v) is 8.41. The molecule has 0 spiro atoms. The maximum absolute atomic E-state index is 12.1. The van der Waals surface area contributed by atoms with Crippen molar-refractivity contribution in [3.63, 3.8) is 0 Å². The predicted molar refractivity (Wildman–Crippen MR) is 91.8 cm³/mol. The highest BCUT2D eigenvalue weighted by Crippen LogP contribution is 2.29. The van der Waals surface area contributed by atoms with Gasteiger partial charge in [0.05, 0.1) is 11.8 Å². The number of rotatable bonds is 7. The van der Waals surface area contributed by atoms with Crippen LogP contribution in [-0.4, -0.2) is 30.4 Å². The molecule has 1 aromatic rings. The van der Waals surface area contributed by atoms with E-state index >= 15 is 0 Å². The molecule has 0 aliphatic heterocycles. The van der Waals surface area contributed by atoms with E-state index in [0.29, 0.717) is 18.7 Å². The van der Waals surface area contributed by atoms with E-state index in [1.54, 1.807) is 0 Å². The molecule has 0 aromatic heterocycles. The van der Waals surface area contributed by atoms with Crippen LogP contribution >= 0.6 is 0 Å². The Balaban J connectivity index is 1.90. The number of ether oxygens (including phenoxy) is 1. The molecule has 0 bridgehead atoms. The Hall–Kier alpha value is -1.75. The molecule has 1 aromatic carbocycles. The van der Waals surface area contributed by atoms with Gasteiger partial charge < -0.3 is 20.5 Å². The second-order valence-corrected chi connectivity index (χ2v) is 6.97. The van der Waals surface area contributed by atoms with Gasteiger partial charge in [-0.15, -0.1) is 0 Å². The summed E-state index contributed by atoms with van der Waals surface area (Å²) in [6.45, 7) is 4.65. The van der Waals surface area contributed by atoms with Crippen molar-refractivity contribution in [3.05, 3.63) is 24.3 Å². The topological polar surface area (TPSA) is 70.6 Å². The van der Waals surface area contributed by atoms with Crippen LogP contribution in [0.4, 0.5) is 10.5 Å². The largest absolute Gasteiger partial charge is 0.488 e. The molecule has 0 heterocycles. The number of nitrogens with one attached hydrogen (secondary N) is 2. The molecule has 0 saturated heterocycles. The van der Waals surface area contributed by atoms with Crippen LogP contribution in [-0.2, 0) is 0 Å². The summed E-state index contributed by atoms with van der Waals surface area (Å²) >= 11 is 0. The number of aliphatic hydroxyl groups is 1. The van der Waals surface area contributed by atoms with Crippen molar-refractivity contribution in [2.24, 2.45) is 5.41 Å². The Bertz CT molecular complexity index is 511. The van der Waals surface area contributed by atoms with Crippen molar-refractivity contribution < 1.29 is 14.6 Å². The molecular formula is C18H28N2O3. The fourth-order valence-corrected chi connectivity index (χ4v) is 2.74. The van der Waals surface area contributed by atoms with Gasteiger partial charge in [-0.25, -0.2) is 4.79 Å². The summed E-state index contributed by atoms with van der Waals surface area (Å²) in [4.78, 5) is 12.1. The van der Waals surface area contributed by atoms with Gasteiger partial charge >= 0.3 is 6.03 Å². The molecule has 5 heteroatoms. The number of urea groups is 1. The number of para-hydroxylation sites is 2. The van der Waals surface area contributed by atoms with E-state index < -0.39 is 0 Å². The zero-order valence-corrected chi connectivity index (χ0v) is 14.1. The summed E-state index contributed by atoms with van der Waals surface area (Å²) in [7, 11) is 0. The molecule has 5 nitrogen and oxygen atoms in total. The normalized spacial score (nSPS) is 15.4. The fraction of sp³-hybridized carbons (Fsp3) is 0.611. The van der Waals surface area contributed by atoms with E-state index in [0.717, 1.165) is 18.6 Å². The smallest absolute Gasteiger partial charge is 0.319 e. The van der Waals surface area contributed by atoms with Crippen LogP contribution in [0.2, 0.25) is 0 Å². The molecule has 2 amide bonds. The van der Waals surface area contributed by atoms with E-state index in [2.05, 4.69) is 10.6 Å². The Morgan fingerprint density at radius 1 is 1.30 bits per heavy atom. The lowest BCUT2D eigenvalue weighted by atomic mass is 9.90. The van der Waals surface area contributed by atoms with Gasteiger partial charge in [0, 0.05) is 13.2 Å². The minimum atomic E-state index is -0.251. The molecule has 1 aliphatic rings. The third kappa shape index (κ3) is 5.75. The predicted octanol–water partition coefficient (Wildman–Crippen LogP) is 3.54. The molecular weight excluding hydrogens is 292 g/mol. The van der Waals surface area contributed by atoms with Crippen LogP contribution < -0.4 is 15.4 Å². The summed E-state index contributed by atoms with van der Waals surface area (Å²) in [6.07, 6.45) is 5.48. The standard InChI is InChI=1S/C18H28N2O3/c1-18(2,11-12-21)13-19-17(22)20-15-9-5-6-10-16(15)23-14-7-3-4-8-14/h5-6,9-10,14,21H,3-4,7-8,11-13H2,1-2H3,(H2,19,20,22). The van der Waals surface area contributed by atoms with Gasteiger partial charge in [-0.3, -0.25) is 0 Å². The zero-order valence-electron chi connectivity index (χ0n) is 14.1. The first-order valence-electron chi connectivity index (χ1n) is 8.41. The van der Waals surface area contributed by atoms with Gasteiger partial charge in [-0.1, -0.05) is 26.0 Å². The minimum absolute atomic E-state index is 0.119. The molecule has 0 atom stereocenters. The van der Waals surface area contributed by atoms with Crippen LogP contribution in [0.25, 0.3) is 0 Å². The average molecular weight is 320 g/mol. The van der Waals surface area contributed by atoms with E-state index in [4.69, 9.17) is 9.84 Å². The molecule has 1 fully saturated rings. The van der Waals surface area contributed by atoms with Crippen molar-refractivity contribution in [3.8, 4) is 5.75 Å². The maximum atomic E-state index is 12.1. The van der Waals surface area contributed by atoms with Gasteiger partial charge in [0.1, 0.15) is 5.75 Å². The summed E-state index contributed by atoms with van der Waals surface area (Å²) in [5, 5.41) is 14.8. The van der Waals surface area contributed by atoms with Gasteiger partial charge in [-0.05, 0) is 49.7 Å². The van der Waals surface area contributed by atoms with Gasteiger partial charge in [-0.2, -0.15) is 0 Å². The second-order valence-electron chi connectivity index (χ2n) is 6.97. The van der Waals surface area contributed by atoms with Crippen LogP contribution in [0.15, 0.2) is 24.3 Å². The highest BCUT2D eigenvalue weighted by Gasteiger charge is 2.20. The third-order valence-electron chi connectivity index (χ3n) is 4.25. The summed E-state index contributed by atoms with van der Waals surface area (Å²) in [6, 6.07) is 7.29. The van der Waals surface area contributed by atoms with Gasteiger partial charge in [0.25, 0.3) is 0 Å². The Morgan fingerprint density at radius 3 is 2.70 bits per heavy atom. The number of amides is 2. The van der Waals surface area contributed by atoms with Gasteiger partial charge in [0.2, 0.25) is 0 Å². The number of hydrogen-bond acceptors (Lipinski definition) is 3. The van der Waals surface area contributed by atoms with E-state index in [1.165, 1.54) is 12.8 Å². The van der Waals surface area contributed by atoms with Crippen molar-refractivity contribution >= 4 is 11.7 Å². The number of carbonyl (C=O) groups is 1. The number of anilines is 1. The number of aliphatic hydroxyl groups excluding tert-OH is 1. The summed E-state index contributed by atoms with van der Waals surface area (Å²) < 4.78 is 6.02. The highest BCUT2D eigenvalue weighted by molar-refractivity contribution is 5.90. The van der Waals surface area contributed by atoms with Crippen molar-refractivity contribution in [1.82, 2.24) is 5.32 Å². The molecule has 0 radical (unpaired) electrons. The molecule has 128 valence electrons. The summed E-state index contributed by atoms with van der Waals surface area (Å²) in [5.74, 6) is 0.726. The number of hydrogen-bond donors (Lipinski definition) is 3. The van der Waals surface area contributed by atoms with Crippen LogP contribution in [0.1, 0.15) is 46.0 Å². The molecule has 1 aliphatic carbocycles. The Morgan fingerprint density at radius 2 is 2.00 bits per heavy atom. The third-order valence-corrected chi connectivity index (χ3v) is 4.25. The average Bonchev–Trinajstić information content (AvgIpc) is 3.00. The van der Waals surface area contributed by atoms with E-state index in [-0.39, 0.29) is 24.2 Å². The monoisotopic (exact) mass is 320 g/mol. The molecule has 1 saturated carbocycles. The molecule has 0 unspecified atom stereocenters. The maximum Gasteiger partial charge on any atom is 0.319 e. The lowest BCUT2D eigenvalue weighted by molar-refractivity contribution is 0.204. The molecule has 3 N–H and O–H groups in total. The summed E-state index contributed by atoms with van der Waals surface area (Å²) in [5.41, 5.74) is 0.559. The van der Waals surface area contributed by atoms with Crippen LogP contribution in [0, 0.1) is 5.41 Å². The van der Waals surface area contributed by atoms with Crippen LogP contribution in [0.5, 0.6) is 5.75 Å². The first kappa shape index (κ1) is 17.6. The molecule has 23 heavy (non-hydrogen) atoms. The van der Waals surface area contributed by atoms with Crippen molar-refractivity contribution in [2.75, 3.05) is 18.5 Å². The van der Waals surface area contributed by atoms with Crippen molar-refractivity contribution in [2.45, 2.75) is 52.1 Å². The van der Waals surface area contributed by atoms with Crippen molar-refractivity contribution in [1.29, 1.82) is 0 Å². The highest BCUT2D eigenvalue weighted by atomic mass is 16.5. The Labute approximate surface area is 138 Å². The lowest BCUT2D eigenvalue weighted by Gasteiger charge is -2.24. The van der Waals surface area contributed by atoms with E-state index in [1.807, 2.05) is 38.1 Å². The number of carbonyl (C=O) groups excluding carboxylic acids is 1. The van der Waals surface area contributed by atoms with E-state index in [9.17, 15) is 4.79 Å². The SMILES string of the molecule is CC(C)(CCO)CNC(=O)Nc1ccccc1OC1CCCC1. The zero-order chi connectivity index (χ0) is 16.7. The molecule has 2 rings (SSSR count). The fourth-order valence-electron chi connectivity index (χ4n) is 2.74. The Kier molecular flexibility index (Phi) is 6.28. The quantitative estimate of drug-likeness (QED) is 0.719. The van der Waals surface area contributed by atoms with Crippen LogP contribution in [0.3, 0.4) is 0 Å². The number of benzene rings is 1. The second kappa shape index (κ2) is 8.20. The minimum Gasteiger partial charge on any atom is -0.488 e.